The number of ether oxygens (including phenoxy) is 1. The number of esters is 1. The number of nitrogens with one attached hydrogen (secondary N) is 1. The molecule has 1 amide bonds. The van der Waals surface area contributed by atoms with Crippen molar-refractivity contribution in [2.24, 2.45) is 5.92 Å². The second-order valence-corrected chi connectivity index (χ2v) is 7.78. The lowest BCUT2D eigenvalue weighted by atomic mass is 10.0. The second-order valence-electron chi connectivity index (χ2n) is 7.78. The van der Waals surface area contributed by atoms with E-state index in [1.54, 1.807) is 31.2 Å². The summed E-state index contributed by atoms with van der Waals surface area (Å²) in [5.74, 6) is 0.368. The van der Waals surface area contributed by atoms with Crippen molar-refractivity contribution < 1.29 is 14.3 Å². The number of carbonyl (C=O) groups excluding carboxylic acids is 2. The zero-order chi connectivity index (χ0) is 21.5. The van der Waals surface area contributed by atoms with Crippen molar-refractivity contribution in [2.75, 3.05) is 38.5 Å². The molecule has 3 rings (SSSR count). The molecule has 0 radical (unpaired) electrons. The first-order valence-electron chi connectivity index (χ1n) is 10.6. The minimum Gasteiger partial charge on any atom is -0.462 e. The fourth-order valence-electron chi connectivity index (χ4n) is 3.78. The van der Waals surface area contributed by atoms with Crippen molar-refractivity contribution in [3.63, 3.8) is 0 Å². The molecule has 0 saturated carbocycles. The summed E-state index contributed by atoms with van der Waals surface area (Å²) in [5, 5.41) is 7.14. The van der Waals surface area contributed by atoms with Crippen molar-refractivity contribution in [3.8, 4) is 5.69 Å². The molecule has 0 bridgehead atoms. The van der Waals surface area contributed by atoms with E-state index in [1.165, 1.54) is 23.7 Å². The highest BCUT2D eigenvalue weighted by Crippen LogP contribution is 2.19. The molecule has 1 atom stereocenters. The van der Waals surface area contributed by atoms with E-state index in [0.717, 1.165) is 32.0 Å². The monoisotopic (exact) mass is 413 g/mol. The zero-order valence-corrected chi connectivity index (χ0v) is 17.8. The third-order valence-corrected chi connectivity index (χ3v) is 5.35. The SMILES string of the molecule is CCOC(=O)c1cnn(-c2ccc(C(=O)NCCCN3CCC[C@@H](C)C3)cc2)c1N. The topological polar surface area (TPSA) is 102 Å². The molecule has 162 valence electrons. The predicted octanol–water partition coefficient (Wildman–Crippen LogP) is 2.48. The lowest BCUT2D eigenvalue weighted by Crippen LogP contribution is -2.36. The number of anilines is 1. The van der Waals surface area contributed by atoms with E-state index < -0.39 is 5.97 Å². The van der Waals surface area contributed by atoms with E-state index >= 15 is 0 Å². The number of hydrogen-bond donors (Lipinski definition) is 2. The molecule has 0 spiro atoms. The minimum atomic E-state index is -0.503. The standard InChI is InChI=1S/C22H31N5O3/c1-3-30-22(29)19-14-25-27(20(19)23)18-9-7-17(8-10-18)21(28)24-11-5-13-26-12-4-6-16(2)15-26/h7-10,14,16H,3-6,11-13,15,23H2,1-2H3,(H,24,28)/t16-/m1/s1. The van der Waals surface area contributed by atoms with Crippen molar-refractivity contribution in [1.82, 2.24) is 20.0 Å². The Bertz CT molecular complexity index is 862. The summed E-state index contributed by atoms with van der Waals surface area (Å²) >= 11 is 0. The van der Waals surface area contributed by atoms with Crippen LogP contribution in [0.4, 0.5) is 5.82 Å². The smallest absolute Gasteiger partial charge is 0.343 e. The number of likely N-dealkylation sites (tertiary alicyclic amines) is 1. The Morgan fingerprint density at radius 3 is 2.77 bits per heavy atom. The fraction of sp³-hybridized carbons (Fsp3) is 0.500. The van der Waals surface area contributed by atoms with Crippen LogP contribution >= 0.6 is 0 Å². The Balaban J connectivity index is 1.51. The molecule has 8 nitrogen and oxygen atoms in total. The predicted molar refractivity (Wildman–Crippen MR) is 116 cm³/mol. The summed E-state index contributed by atoms with van der Waals surface area (Å²) < 4.78 is 6.42. The van der Waals surface area contributed by atoms with Gasteiger partial charge in [-0.15, -0.1) is 0 Å². The first-order valence-corrected chi connectivity index (χ1v) is 10.6. The van der Waals surface area contributed by atoms with E-state index in [4.69, 9.17) is 10.5 Å². The summed E-state index contributed by atoms with van der Waals surface area (Å²) in [6.07, 6.45) is 4.91. The Morgan fingerprint density at radius 1 is 1.30 bits per heavy atom. The van der Waals surface area contributed by atoms with Crippen LogP contribution in [-0.2, 0) is 4.74 Å². The summed E-state index contributed by atoms with van der Waals surface area (Å²) in [4.78, 5) is 26.8. The lowest BCUT2D eigenvalue weighted by Gasteiger charge is -2.30. The van der Waals surface area contributed by atoms with Gasteiger partial charge in [0.1, 0.15) is 11.4 Å². The normalized spacial score (nSPS) is 16.9. The van der Waals surface area contributed by atoms with Crippen LogP contribution in [0.15, 0.2) is 30.5 Å². The van der Waals surface area contributed by atoms with Crippen LogP contribution in [-0.4, -0.2) is 59.3 Å². The molecule has 1 aromatic carbocycles. The molecule has 1 aliphatic rings. The van der Waals surface area contributed by atoms with E-state index in [0.29, 0.717) is 17.8 Å². The fourth-order valence-corrected chi connectivity index (χ4v) is 3.78. The van der Waals surface area contributed by atoms with Gasteiger partial charge in [0.25, 0.3) is 5.91 Å². The molecule has 0 unspecified atom stereocenters. The van der Waals surface area contributed by atoms with Gasteiger partial charge >= 0.3 is 5.97 Å². The van der Waals surface area contributed by atoms with E-state index in [9.17, 15) is 9.59 Å². The van der Waals surface area contributed by atoms with Gasteiger partial charge in [0.15, 0.2) is 0 Å². The highest BCUT2D eigenvalue weighted by atomic mass is 16.5. The second kappa shape index (κ2) is 10.2. The molecular formula is C22H31N5O3. The maximum atomic E-state index is 12.4. The van der Waals surface area contributed by atoms with Crippen LogP contribution in [0.2, 0.25) is 0 Å². The quantitative estimate of drug-likeness (QED) is 0.509. The molecule has 0 aliphatic carbocycles. The van der Waals surface area contributed by atoms with Crippen molar-refractivity contribution in [2.45, 2.75) is 33.1 Å². The molecule has 3 N–H and O–H groups in total. The van der Waals surface area contributed by atoms with Gasteiger partial charge in [0.05, 0.1) is 18.5 Å². The van der Waals surface area contributed by atoms with Gasteiger partial charge < -0.3 is 20.7 Å². The molecule has 2 heterocycles. The number of carbonyl (C=O) groups is 2. The average molecular weight is 414 g/mol. The molecule has 1 aliphatic heterocycles. The van der Waals surface area contributed by atoms with Gasteiger partial charge in [-0.25, -0.2) is 9.48 Å². The number of nitrogens with two attached hydrogens (primary N) is 1. The average Bonchev–Trinajstić information content (AvgIpc) is 3.13. The number of nitrogens with zero attached hydrogens (tertiary/aromatic N) is 3. The largest absolute Gasteiger partial charge is 0.462 e. The van der Waals surface area contributed by atoms with Gasteiger partial charge in [-0.2, -0.15) is 5.10 Å². The number of piperidine rings is 1. The zero-order valence-electron chi connectivity index (χ0n) is 17.8. The molecule has 8 heteroatoms. The lowest BCUT2D eigenvalue weighted by molar-refractivity contribution is 0.0527. The third kappa shape index (κ3) is 5.38. The minimum absolute atomic E-state index is 0.103. The van der Waals surface area contributed by atoms with Crippen LogP contribution in [0.1, 0.15) is 53.8 Å². The molecule has 1 aromatic heterocycles. The van der Waals surface area contributed by atoms with Crippen LogP contribution < -0.4 is 11.1 Å². The van der Waals surface area contributed by atoms with Crippen molar-refractivity contribution >= 4 is 17.7 Å². The van der Waals surface area contributed by atoms with Gasteiger partial charge in [0.2, 0.25) is 0 Å². The summed E-state index contributed by atoms with van der Waals surface area (Å²) in [7, 11) is 0. The molecule has 1 fully saturated rings. The van der Waals surface area contributed by atoms with Crippen LogP contribution in [0.3, 0.4) is 0 Å². The van der Waals surface area contributed by atoms with Crippen molar-refractivity contribution in [1.29, 1.82) is 0 Å². The molecule has 30 heavy (non-hydrogen) atoms. The van der Waals surface area contributed by atoms with Gasteiger partial charge in [-0.05, 0) is 69.5 Å². The first-order chi connectivity index (χ1) is 14.5. The highest BCUT2D eigenvalue weighted by Gasteiger charge is 2.18. The van der Waals surface area contributed by atoms with Crippen LogP contribution in [0, 0.1) is 5.92 Å². The molecule has 2 aromatic rings. The van der Waals surface area contributed by atoms with E-state index in [1.807, 2.05) is 0 Å². The van der Waals surface area contributed by atoms with E-state index in [2.05, 4.69) is 22.2 Å². The Hall–Kier alpha value is -2.87. The third-order valence-electron chi connectivity index (χ3n) is 5.35. The molecular weight excluding hydrogens is 382 g/mol. The maximum Gasteiger partial charge on any atom is 0.343 e. The highest BCUT2D eigenvalue weighted by molar-refractivity contribution is 5.95. The van der Waals surface area contributed by atoms with Crippen molar-refractivity contribution in [3.05, 3.63) is 41.6 Å². The summed E-state index contributed by atoms with van der Waals surface area (Å²) in [5.41, 5.74) is 7.49. The number of amides is 1. The molecule has 1 saturated heterocycles. The first kappa shape index (κ1) is 21.8. The van der Waals surface area contributed by atoms with Gasteiger partial charge in [-0.3, -0.25) is 4.79 Å². The Morgan fingerprint density at radius 2 is 2.07 bits per heavy atom. The number of benzene rings is 1. The summed E-state index contributed by atoms with van der Waals surface area (Å²) in [6, 6.07) is 6.95. The van der Waals surface area contributed by atoms with E-state index in [-0.39, 0.29) is 23.9 Å². The maximum absolute atomic E-state index is 12.4. The Kier molecular flexibility index (Phi) is 7.46. The Labute approximate surface area is 177 Å². The van der Waals surface area contributed by atoms with Crippen LogP contribution in [0.25, 0.3) is 5.69 Å². The number of nitrogen functional groups attached to an aromatic ring is 1. The van der Waals surface area contributed by atoms with Gasteiger partial charge in [0, 0.05) is 18.7 Å². The number of hydrogen-bond acceptors (Lipinski definition) is 6. The number of aromatic nitrogens is 2. The summed E-state index contributed by atoms with van der Waals surface area (Å²) in [6.45, 7) is 8.29. The van der Waals surface area contributed by atoms with Gasteiger partial charge in [-0.1, -0.05) is 6.92 Å². The van der Waals surface area contributed by atoms with Crippen LogP contribution in [0.5, 0.6) is 0 Å². The number of rotatable bonds is 8.